The number of hydrogen-bond donors (Lipinski definition) is 0. The molecule has 0 unspecified atom stereocenters. The average molecular weight is 700 g/mol. The first kappa shape index (κ1) is 29.0. The van der Waals surface area contributed by atoms with E-state index in [4.69, 9.17) is 9.97 Å². The van der Waals surface area contributed by atoms with Crippen LogP contribution in [-0.2, 0) is 0 Å². The summed E-state index contributed by atoms with van der Waals surface area (Å²) in [7, 11) is 0. The van der Waals surface area contributed by atoms with E-state index in [-0.39, 0.29) is 0 Å². The lowest BCUT2D eigenvalue weighted by Gasteiger charge is -2.14. The zero-order chi connectivity index (χ0) is 35.8. The van der Waals surface area contributed by atoms with Gasteiger partial charge in [-0.05, 0) is 72.3 Å². The van der Waals surface area contributed by atoms with Gasteiger partial charge in [-0.25, -0.2) is 9.97 Å². The molecule has 0 saturated heterocycles. The molecule has 8 aromatic carbocycles. The lowest BCUT2D eigenvalue weighted by atomic mass is 9.95. The normalized spacial score (nSPS) is 12.4. The molecule has 5 nitrogen and oxygen atoms in total. The van der Waals surface area contributed by atoms with Crippen molar-refractivity contribution in [1.29, 1.82) is 0 Å². The maximum Gasteiger partial charge on any atom is 0.165 e. The topological polar surface area (TPSA) is 40.6 Å². The minimum Gasteiger partial charge on any atom is -0.309 e. The van der Waals surface area contributed by atoms with Gasteiger partial charge in [-0.3, -0.25) is 4.57 Å². The molecule has 254 valence electrons. The molecule has 55 heavy (non-hydrogen) atoms. The summed E-state index contributed by atoms with van der Waals surface area (Å²) in [6.45, 7) is 0. The maximum absolute atomic E-state index is 5.35. The molecule has 0 spiro atoms. The third-order valence-corrected chi connectivity index (χ3v) is 11.7. The second kappa shape index (κ2) is 10.6. The Kier molecular flexibility index (Phi) is 5.57. The van der Waals surface area contributed by atoms with Crippen LogP contribution in [0.25, 0.3) is 116 Å². The van der Waals surface area contributed by atoms with Crippen molar-refractivity contribution in [2.75, 3.05) is 0 Å². The van der Waals surface area contributed by atoms with Gasteiger partial charge in [-0.15, -0.1) is 0 Å². The molecule has 13 rings (SSSR count). The zero-order valence-electron chi connectivity index (χ0n) is 29.5. The molecule has 0 saturated carbocycles. The van der Waals surface area contributed by atoms with E-state index < -0.39 is 0 Å². The number of rotatable bonds is 2. The summed E-state index contributed by atoms with van der Waals surface area (Å²) in [5.41, 5.74) is 15.3. The van der Waals surface area contributed by atoms with Crippen molar-refractivity contribution in [2.45, 2.75) is 0 Å². The predicted octanol–water partition coefficient (Wildman–Crippen LogP) is 12.6. The molecule has 0 fully saturated rings. The maximum atomic E-state index is 5.35. The summed E-state index contributed by atoms with van der Waals surface area (Å²) < 4.78 is 7.24. The fourth-order valence-corrected chi connectivity index (χ4v) is 9.45. The van der Waals surface area contributed by atoms with Crippen molar-refractivity contribution < 1.29 is 0 Å². The summed E-state index contributed by atoms with van der Waals surface area (Å²) >= 11 is 0. The number of nitrogens with zero attached hydrogens (tertiary/aromatic N) is 5. The smallest absolute Gasteiger partial charge is 0.165 e. The van der Waals surface area contributed by atoms with Crippen LogP contribution in [0.4, 0.5) is 0 Å². The van der Waals surface area contributed by atoms with Gasteiger partial charge in [-0.2, -0.15) is 0 Å². The van der Waals surface area contributed by atoms with Crippen LogP contribution < -0.4 is 0 Å². The number of benzene rings is 8. The molecule has 0 N–H and O–H groups in total. The van der Waals surface area contributed by atoms with E-state index in [1.54, 1.807) is 0 Å². The Hall–Kier alpha value is -7.50. The van der Waals surface area contributed by atoms with Gasteiger partial charge in [0.25, 0.3) is 0 Å². The van der Waals surface area contributed by atoms with Crippen molar-refractivity contribution in [1.82, 2.24) is 23.7 Å². The zero-order valence-corrected chi connectivity index (χ0v) is 29.5. The van der Waals surface area contributed by atoms with Crippen LogP contribution in [0.15, 0.2) is 176 Å². The Morgan fingerprint density at radius 2 is 0.836 bits per heavy atom. The number of fused-ring (bicyclic) bond motifs is 15. The van der Waals surface area contributed by atoms with Crippen LogP contribution in [0.3, 0.4) is 0 Å². The van der Waals surface area contributed by atoms with E-state index >= 15 is 0 Å². The Labute approximate surface area is 314 Å². The standard InChI is InChI=1S/C50H29N5/c1-2-14-30(15-3-1)53-43-23-11-6-17-33(43)37-28-38-34-18-7-12-24-44(34)54(47(38)29-46(37)53)31-26-39-32-16-4-5-20-36(32)48-50(52-42-22-10-9-21-41(42)51-48)55-45-25-13-8-19-35(45)40(27-31)49(39)55/h1-29H. The highest BCUT2D eigenvalue weighted by atomic mass is 15.1. The van der Waals surface area contributed by atoms with Crippen molar-refractivity contribution in [3.05, 3.63) is 176 Å². The molecule has 4 aromatic heterocycles. The van der Waals surface area contributed by atoms with E-state index in [9.17, 15) is 0 Å². The minimum atomic E-state index is 0.858. The van der Waals surface area contributed by atoms with E-state index in [1.807, 2.05) is 12.1 Å². The van der Waals surface area contributed by atoms with Gasteiger partial charge in [0.1, 0.15) is 5.69 Å². The second-order valence-electron chi connectivity index (χ2n) is 14.6. The highest BCUT2D eigenvalue weighted by Crippen LogP contribution is 2.48. The first-order valence-electron chi connectivity index (χ1n) is 18.8. The molecule has 0 aliphatic carbocycles. The molecule has 0 amide bonds. The molecule has 5 heterocycles. The lowest BCUT2D eigenvalue weighted by Crippen LogP contribution is -2.02. The monoisotopic (exact) mass is 699 g/mol. The third-order valence-electron chi connectivity index (χ3n) is 11.7. The van der Waals surface area contributed by atoms with Gasteiger partial charge >= 0.3 is 0 Å². The minimum absolute atomic E-state index is 0.858. The van der Waals surface area contributed by atoms with Gasteiger partial charge < -0.3 is 9.13 Å². The number of para-hydroxylation sites is 6. The molecule has 1 aliphatic heterocycles. The van der Waals surface area contributed by atoms with Crippen LogP contribution in [0.2, 0.25) is 0 Å². The fourth-order valence-electron chi connectivity index (χ4n) is 9.45. The Balaban J connectivity index is 1.20. The largest absolute Gasteiger partial charge is 0.309 e. The first-order chi connectivity index (χ1) is 27.3. The van der Waals surface area contributed by atoms with Crippen LogP contribution >= 0.6 is 0 Å². The Morgan fingerprint density at radius 3 is 1.53 bits per heavy atom. The second-order valence-corrected chi connectivity index (χ2v) is 14.6. The van der Waals surface area contributed by atoms with Gasteiger partial charge in [0, 0.05) is 54.8 Å². The van der Waals surface area contributed by atoms with Crippen molar-refractivity contribution in [3.63, 3.8) is 0 Å². The van der Waals surface area contributed by atoms with Crippen molar-refractivity contribution in [2.24, 2.45) is 0 Å². The number of aromatic nitrogens is 5. The van der Waals surface area contributed by atoms with Crippen LogP contribution in [0, 0.1) is 0 Å². The molecule has 0 radical (unpaired) electrons. The highest BCUT2D eigenvalue weighted by Gasteiger charge is 2.28. The van der Waals surface area contributed by atoms with Gasteiger partial charge in [0.2, 0.25) is 0 Å². The summed E-state index contributed by atoms with van der Waals surface area (Å²) in [5, 5.41) is 7.34. The SMILES string of the molecule is c1ccc(-n2c3ccccc3c3cc4c5ccccc5n(-c5cc6c7c(c5)c5ccccc5n7-c5nc7ccccc7nc5-c5ccccc5-6)c4cc32)cc1. The van der Waals surface area contributed by atoms with Crippen LogP contribution in [-0.4, -0.2) is 23.7 Å². The first-order valence-corrected chi connectivity index (χ1v) is 18.8. The molecule has 5 heteroatoms. The summed E-state index contributed by atoms with van der Waals surface area (Å²) in [6.07, 6.45) is 0. The summed E-state index contributed by atoms with van der Waals surface area (Å²) in [4.78, 5) is 10.7. The van der Waals surface area contributed by atoms with E-state index in [0.717, 1.165) is 61.6 Å². The molecule has 12 aromatic rings. The van der Waals surface area contributed by atoms with Crippen molar-refractivity contribution >= 4 is 76.5 Å². The molecular formula is C50H29N5. The Morgan fingerprint density at radius 1 is 0.309 bits per heavy atom. The quantitative estimate of drug-likeness (QED) is 0.180. The van der Waals surface area contributed by atoms with E-state index in [2.05, 4.69) is 177 Å². The van der Waals surface area contributed by atoms with Crippen molar-refractivity contribution in [3.8, 4) is 39.6 Å². The third kappa shape index (κ3) is 3.81. The average Bonchev–Trinajstić information content (AvgIpc) is 3.85. The fraction of sp³-hybridized carbons (Fsp3) is 0. The van der Waals surface area contributed by atoms with Crippen LogP contribution in [0.1, 0.15) is 0 Å². The number of hydrogen-bond acceptors (Lipinski definition) is 2. The van der Waals surface area contributed by atoms with Gasteiger partial charge in [-0.1, -0.05) is 109 Å². The summed E-state index contributed by atoms with van der Waals surface area (Å²) in [5.74, 6) is 0.858. The molecule has 0 bridgehead atoms. The predicted molar refractivity (Wildman–Crippen MR) is 227 cm³/mol. The van der Waals surface area contributed by atoms with Gasteiger partial charge in [0.15, 0.2) is 5.82 Å². The van der Waals surface area contributed by atoms with Gasteiger partial charge in [0.05, 0.1) is 44.1 Å². The molecular weight excluding hydrogens is 671 g/mol. The summed E-state index contributed by atoms with van der Waals surface area (Å²) in [6, 6.07) is 63.6. The highest BCUT2D eigenvalue weighted by molar-refractivity contribution is 6.21. The molecule has 0 atom stereocenters. The molecule has 1 aliphatic rings. The Bertz CT molecular complexity index is 3600. The van der Waals surface area contributed by atoms with Crippen LogP contribution in [0.5, 0.6) is 0 Å². The van der Waals surface area contributed by atoms with E-state index in [0.29, 0.717) is 0 Å². The van der Waals surface area contributed by atoms with E-state index in [1.165, 1.54) is 54.4 Å². The lowest BCUT2D eigenvalue weighted by molar-refractivity contribution is 1.08.